The first kappa shape index (κ1) is 14.2. The lowest BCUT2D eigenvalue weighted by atomic mass is 10.0. The van der Waals surface area contributed by atoms with Crippen LogP contribution in [0.2, 0.25) is 0 Å². The Morgan fingerprint density at radius 3 is 2.76 bits per heavy atom. The minimum absolute atomic E-state index is 0.367. The number of ether oxygens (including phenoxy) is 1. The van der Waals surface area contributed by atoms with Crippen LogP contribution in [0.4, 0.5) is 0 Å². The zero-order valence-corrected chi connectivity index (χ0v) is 11.4. The lowest BCUT2D eigenvalue weighted by Crippen LogP contribution is -2.24. The van der Waals surface area contributed by atoms with Gasteiger partial charge in [-0.25, -0.2) is 4.98 Å². The second kappa shape index (κ2) is 7.45. The summed E-state index contributed by atoms with van der Waals surface area (Å²) in [7, 11) is 0. The molecule has 17 heavy (non-hydrogen) atoms. The molecule has 0 spiro atoms. The van der Waals surface area contributed by atoms with Crippen LogP contribution in [0, 0.1) is 5.92 Å². The molecular formula is C13H25N3O. The number of nitrogens with one attached hydrogen (secondary N) is 1. The monoisotopic (exact) mass is 239 g/mol. The molecule has 98 valence electrons. The smallest absolute Gasteiger partial charge is 0.0952 e. The molecule has 0 aliphatic rings. The molecule has 0 radical (unpaired) electrons. The van der Waals surface area contributed by atoms with Crippen LogP contribution >= 0.6 is 0 Å². The molecule has 4 nitrogen and oxygen atoms in total. The third-order valence-electron chi connectivity index (χ3n) is 2.92. The first-order valence-corrected chi connectivity index (χ1v) is 6.49. The third-order valence-corrected chi connectivity index (χ3v) is 2.92. The van der Waals surface area contributed by atoms with Crippen LogP contribution in [0.15, 0.2) is 12.5 Å². The van der Waals surface area contributed by atoms with Gasteiger partial charge in [-0.3, -0.25) is 0 Å². The SMILES string of the molecule is CCNCc1cncn1C(COCC)C(C)C. The first-order valence-electron chi connectivity index (χ1n) is 6.49. The Labute approximate surface area is 104 Å². The highest BCUT2D eigenvalue weighted by Gasteiger charge is 2.17. The molecule has 0 saturated carbocycles. The number of imidazole rings is 1. The summed E-state index contributed by atoms with van der Waals surface area (Å²) in [4.78, 5) is 4.25. The molecule has 0 saturated heterocycles. The van der Waals surface area contributed by atoms with Gasteiger partial charge in [0.15, 0.2) is 0 Å². The lowest BCUT2D eigenvalue weighted by Gasteiger charge is -2.24. The van der Waals surface area contributed by atoms with E-state index in [0.717, 1.165) is 26.3 Å². The van der Waals surface area contributed by atoms with Crippen LogP contribution in [0.3, 0.4) is 0 Å². The maximum Gasteiger partial charge on any atom is 0.0952 e. The summed E-state index contributed by atoms with van der Waals surface area (Å²) in [6.45, 7) is 12.0. The molecule has 1 unspecified atom stereocenters. The van der Waals surface area contributed by atoms with Gasteiger partial charge in [0, 0.05) is 19.3 Å². The Balaban J connectivity index is 2.74. The van der Waals surface area contributed by atoms with Crippen molar-refractivity contribution >= 4 is 0 Å². The summed E-state index contributed by atoms with van der Waals surface area (Å²) >= 11 is 0. The van der Waals surface area contributed by atoms with E-state index in [2.05, 4.69) is 35.6 Å². The van der Waals surface area contributed by atoms with E-state index < -0.39 is 0 Å². The van der Waals surface area contributed by atoms with Crippen LogP contribution < -0.4 is 5.32 Å². The summed E-state index contributed by atoms with van der Waals surface area (Å²) in [5, 5.41) is 3.34. The maximum atomic E-state index is 5.57. The number of nitrogens with zero attached hydrogens (tertiary/aromatic N) is 2. The Hall–Kier alpha value is -0.870. The van der Waals surface area contributed by atoms with Crippen molar-refractivity contribution in [3.05, 3.63) is 18.2 Å². The van der Waals surface area contributed by atoms with Gasteiger partial charge in [-0.2, -0.15) is 0 Å². The van der Waals surface area contributed by atoms with Crippen LogP contribution in [-0.4, -0.2) is 29.3 Å². The van der Waals surface area contributed by atoms with E-state index in [0.29, 0.717) is 12.0 Å². The molecule has 1 aromatic rings. The van der Waals surface area contributed by atoms with Gasteiger partial charge in [0.25, 0.3) is 0 Å². The number of hydrogen-bond acceptors (Lipinski definition) is 3. The van der Waals surface area contributed by atoms with Crippen molar-refractivity contribution in [3.8, 4) is 0 Å². The Morgan fingerprint density at radius 2 is 2.18 bits per heavy atom. The van der Waals surface area contributed by atoms with Crippen molar-refractivity contribution in [2.45, 2.75) is 40.3 Å². The molecule has 0 bridgehead atoms. The van der Waals surface area contributed by atoms with Crippen molar-refractivity contribution in [1.29, 1.82) is 0 Å². The van der Waals surface area contributed by atoms with E-state index in [1.807, 2.05) is 19.4 Å². The van der Waals surface area contributed by atoms with Gasteiger partial charge < -0.3 is 14.6 Å². The highest BCUT2D eigenvalue weighted by molar-refractivity contribution is 5.00. The summed E-state index contributed by atoms with van der Waals surface area (Å²) < 4.78 is 7.81. The zero-order chi connectivity index (χ0) is 12.7. The van der Waals surface area contributed by atoms with Crippen LogP contribution in [-0.2, 0) is 11.3 Å². The topological polar surface area (TPSA) is 39.1 Å². The molecule has 0 aromatic carbocycles. The van der Waals surface area contributed by atoms with Crippen LogP contribution in [0.25, 0.3) is 0 Å². The molecule has 0 fully saturated rings. The van der Waals surface area contributed by atoms with Crippen molar-refractivity contribution in [2.75, 3.05) is 19.8 Å². The molecular weight excluding hydrogens is 214 g/mol. The molecule has 1 N–H and O–H groups in total. The molecule has 1 aromatic heterocycles. The second-order valence-corrected chi connectivity index (χ2v) is 4.54. The fourth-order valence-corrected chi connectivity index (χ4v) is 1.85. The molecule has 1 heterocycles. The fraction of sp³-hybridized carbons (Fsp3) is 0.769. The minimum atomic E-state index is 0.367. The van der Waals surface area contributed by atoms with Gasteiger partial charge >= 0.3 is 0 Å². The van der Waals surface area contributed by atoms with E-state index in [1.165, 1.54) is 5.69 Å². The molecule has 1 rings (SSSR count). The highest BCUT2D eigenvalue weighted by atomic mass is 16.5. The Morgan fingerprint density at radius 1 is 1.41 bits per heavy atom. The van der Waals surface area contributed by atoms with E-state index in [1.54, 1.807) is 0 Å². The zero-order valence-electron chi connectivity index (χ0n) is 11.4. The van der Waals surface area contributed by atoms with Gasteiger partial charge in [-0.15, -0.1) is 0 Å². The molecule has 0 amide bonds. The summed E-state index contributed by atoms with van der Waals surface area (Å²) in [6.07, 6.45) is 3.85. The van der Waals surface area contributed by atoms with Gasteiger partial charge in [-0.1, -0.05) is 20.8 Å². The predicted molar refractivity (Wildman–Crippen MR) is 70.0 cm³/mol. The summed E-state index contributed by atoms with van der Waals surface area (Å²) in [5.74, 6) is 0.538. The average molecular weight is 239 g/mol. The van der Waals surface area contributed by atoms with Gasteiger partial charge in [0.1, 0.15) is 0 Å². The lowest BCUT2D eigenvalue weighted by molar-refractivity contribution is 0.0952. The molecule has 0 aliphatic carbocycles. The Bertz CT molecular complexity index is 309. The Kier molecular flexibility index (Phi) is 6.22. The highest BCUT2D eigenvalue weighted by Crippen LogP contribution is 2.20. The van der Waals surface area contributed by atoms with Crippen molar-refractivity contribution in [2.24, 2.45) is 5.92 Å². The van der Waals surface area contributed by atoms with Crippen LogP contribution in [0.1, 0.15) is 39.4 Å². The van der Waals surface area contributed by atoms with Gasteiger partial charge in [0.2, 0.25) is 0 Å². The largest absolute Gasteiger partial charge is 0.380 e. The number of rotatable bonds is 8. The normalized spacial score (nSPS) is 13.2. The fourth-order valence-electron chi connectivity index (χ4n) is 1.85. The van der Waals surface area contributed by atoms with Crippen molar-refractivity contribution in [3.63, 3.8) is 0 Å². The molecule has 4 heteroatoms. The standard InChI is InChI=1S/C13H25N3O/c1-5-14-7-12-8-15-10-16(12)13(11(3)4)9-17-6-2/h8,10-11,13-14H,5-7,9H2,1-4H3. The summed E-state index contributed by atoms with van der Waals surface area (Å²) in [5.41, 5.74) is 1.23. The minimum Gasteiger partial charge on any atom is -0.380 e. The van der Waals surface area contributed by atoms with Crippen molar-refractivity contribution in [1.82, 2.24) is 14.9 Å². The third kappa shape index (κ3) is 4.13. The van der Waals surface area contributed by atoms with Crippen molar-refractivity contribution < 1.29 is 4.74 Å². The van der Waals surface area contributed by atoms with Crippen LogP contribution in [0.5, 0.6) is 0 Å². The van der Waals surface area contributed by atoms with E-state index in [-0.39, 0.29) is 0 Å². The van der Waals surface area contributed by atoms with Gasteiger partial charge in [-0.05, 0) is 19.4 Å². The summed E-state index contributed by atoms with van der Waals surface area (Å²) in [6, 6.07) is 0.367. The van der Waals surface area contributed by atoms with Gasteiger partial charge in [0.05, 0.1) is 24.7 Å². The van der Waals surface area contributed by atoms with E-state index >= 15 is 0 Å². The first-order chi connectivity index (χ1) is 8.20. The quantitative estimate of drug-likeness (QED) is 0.756. The second-order valence-electron chi connectivity index (χ2n) is 4.54. The number of hydrogen-bond donors (Lipinski definition) is 1. The van der Waals surface area contributed by atoms with E-state index in [4.69, 9.17) is 4.74 Å². The average Bonchev–Trinajstić information content (AvgIpc) is 2.75. The molecule has 0 aliphatic heterocycles. The number of aromatic nitrogens is 2. The maximum absolute atomic E-state index is 5.57. The molecule has 1 atom stereocenters. The predicted octanol–water partition coefficient (Wildman–Crippen LogP) is 2.23. The van der Waals surface area contributed by atoms with E-state index in [9.17, 15) is 0 Å².